The van der Waals surface area contributed by atoms with Gasteiger partial charge < -0.3 is 10.1 Å². The summed E-state index contributed by atoms with van der Waals surface area (Å²) in [5, 5.41) is 3.54. The Morgan fingerprint density at radius 1 is 1.15 bits per heavy atom. The maximum Gasteiger partial charge on any atom is 0.322 e. The van der Waals surface area contributed by atoms with Gasteiger partial charge in [0.15, 0.2) is 0 Å². The van der Waals surface area contributed by atoms with Gasteiger partial charge in [-0.3, -0.25) is 0 Å². The van der Waals surface area contributed by atoms with Gasteiger partial charge in [0.1, 0.15) is 0 Å². The summed E-state index contributed by atoms with van der Waals surface area (Å²) in [5.41, 5.74) is 0. The first kappa shape index (κ1) is 15.3. The number of anilines is 1. The average molecular weight is 299 g/mol. The molecule has 20 heavy (non-hydrogen) atoms. The van der Waals surface area contributed by atoms with Crippen molar-refractivity contribution in [2.75, 3.05) is 11.9 Å². The molecule has 6 heteroatoms. The van der Waals surface area contributed by atoms with Crippen LogP contribution in [0.25, 0.3) is 0 Å². The first-order chi connectivity index (χ1) is 9.56. The lowest BCUT2D eigenvalue weighted by Gasteiger charge is -2.31. The van der Waals surface area contributed by atoms with Gasteiger partial charge in [-0.1, -0.05) is 20.8 Å². The van der Waals surface area contributed by atoms with Crippen LogP contribution < -0.4 is 10.1 Å². The van der Waals surface area contributed by atoms with Gasteiger partial charge in [-0.25, -0.2) is 0 Å². The summed E-state index contributed by atoms with van der Waals surface area (Å²) in [4.78, 5) is 12.4. The molecule has 2 unspecified atom stereocenters. The van der Waals surface area contributed by atoms with Gasteiger partial charge in [0.2, 0.25) is 11.2 Å². The monoisotopic (exact) mass is 298 g/mol. The molecule has 1 fully saturated rings. The van der Waals surface area contributed by atoms with E-state index < -0.39 is 0 Å². The predicted octanol–water partition coefficient (Wildman–Crippen LogP) is 3.55. The van der Waals surface area contributed by atoms with E-state index >= 15 is 0 Å². The maximum absolute atomic E-state index is 5.92. The standard InChI is InChI=1S/C14H23ClN4O/c1-4-5-20-14-18-12(15)17-13(19-14)16-11-7-9(2)6-10(3)8-11/h9-11H,4-8H2,1-3H3,(H,16,17,18,19). The minimum Gasteiger partial charge on any atom is -0.463 e. The quantitative estimate of drug-likeness (QED) is 0.901. The number of hydrogen-bond acceptors (Lipinski definition) is 5. The second kappa shape index (κ2) is 7.07. The highest BCUT2D eigenvalue weighted by Crippen LogP contribution is 2.30. The van der Waals surface area contributed by atoms with Crippen molar-refractivity contribution < 1.29 is 4.74 Å². The van der Waals surface area contributed by atoms with Gasteiger partial charge in [-0.15, -0.1) is 0 Å². The zero-order valence-electron chi connectivity index (χ0n) is 12.4. The van der Waals surface area contributed by atoms with E-state index in [4.69, 9.17) is 16.3 Å². The van der Waals surface area contributed by atoms with E-state index in [-0.39, 0.29) is 5.28 Å². The van der Waals surface area contributed by atoms with Crippen molar-refractivity contribution in [3.63, 3.8) is 0 Å². The number of hydrogen-bond donors (Lipinski definition) is 1. The molecule has 2 rings (SSSR count). The maximum atomic E-state index is 5.92. The largest absolute Gasteiger partial charge is 0.463 e. The molecule has 1 N–H and O–H groups in total. The SMILES string of the molecule is CCCOc1nc(Cl)nc(NC2CC(C)CC(C)C2)n1. The smallest absolute Gasteiger partial charge is 0.322 e. The Balaban J connectivity index is 2.02. The van der Waals surface area contributed by atoms with Crippen LogP contribution in [0.4, 0.5) is 5.95 Å². The first-order valence-corrected chi connectivity index (χ1v) is 7.75. The molecule has 0 amide bonds. The van der Waals surface area contributed by atoms with Crippen LogP contribution in [-0.4, -0.2) is 27.6 Å². The van der Waals surface area contributed by atoms with Gasteiger partial charge >= 0.3 is 6.01 Å². The number of nitrogens with one attached hydrogen (secondary N) is 1. The summed E-state index contributed by atoms with van der Waals surface area (Å²) in [6.07, 6.45) is 4.47. The van der Waals surface area contributed by atoms with Crippen molar-refractivity contribution in [3.8, 4) is 6.01 Å². The molecule has 0 aromatic carbocycles. The zero-order chi connectivity index (χ0) is 14.5. The Labute approximate surface area is 125 Å². The second-order valence-corrected chi connectivity index (χ2v) is 6.16. The molecular formula is C14H23ClN4O. The molecule has 0 radical (unpaired) electrons. The van der Waals surface area contributed by atoms with Crippen molar-refractivity contribution in [1.82, 2.24) is 15.0 Å². The number of nitrogens with zero attached hydrogens (tertiary/aromatic N) is 3. The van der Waals surface area contributed by atoms with E-state index in [9.17, 15) is 0 Å². The van der Waals surface area contributed by atoms with Crippen LogP contribution in [0, 0.1) is 11.8 Å². The first-order valence-electron chi connectivity index (χ1n) is 7.37. The fourth-order valence-corrected chi connectivity index (χ4v) is 3.05. The molecule has 0 saturated heterocycles. The van der Waals surface area contributed by atoms with E-state index in [1.165, 1.54) is 6.42 Å². The third kappa shape index (κ3) is 4.47. The van der Waals surface area contributed by atoms with Crippen LogP contribution >= 0.6 is 11.6 Å². The molecule has 1 aliphatic rings. The van der Waals surface area contributed by atoms with Crippen LogP contribution in [-0.2, 0) is 0 Å². The Morgan fingerprint density at radius 2 is 1.85 bits per heavy atom. The van der Waals surface area contributed by atoms with Gasteiger partial charge in [-0.05, 0) is 49.1 Å². The zero-order valence-corrected chi connectivity index (χ0v) is 13.2. The minimum absolute atomic E-state index is 0.172. The fraction of sp³-hybridized carbons (Fsp3) is 0.786. The van der Waals surface area contributed by atoms with E-state index in [0.29, 0.717) is 24.6 Å². The van der Waals surface area contributed by atoms with E-state index in [2.05, 4.69) is 34.1 Å². The normalized spacial score (nSPS) is 26.3. The highest BCUT2D eigenvalue weighted by molar-refractivity contribution is 6.28. The summed E-state index contributed by atoms with van der Waals surface area (Å²) in [5.74, 6) is 1.97. The van der Waals surface area contributed by atoms with E-state index in [1.54, 1.807) is 0 Å². The molecule has 0 spiro atoms. The topological polar surface area (TPSA) is 59.9 Å². The number of ether oxygens (including phenoxy) is 1. The number of halogens is 1. The van der Waals surface area contributed by atoms with Gasteiger partial charge in [0.05, 0.1) is 6.61 Å². The van der Waals surface area contributed by atoms with Crippen molar-refractivity contribution in [2.24, 2.45) is 11.8 Å². The van der Waals surface area contributed by atoms with Crippen LogP contribution in [0.5, 0.6) is 6.01 Å². The summed E-state index contributed by atoms with van der Waals surface area (Å²) in [7, 11) is 0. The minimum atomic E-state index is 0.172. The molecule has 112 valence electrons. The van der Waals surface area contributed by atoms with Gasteiger partial charge in [-0.2, -0.15) is 15.0 Å². The molecule has 0 aliphatic heterocycles. The summed E-state index contributed by atoms with van der Waals surface area (Å²) >= 11 is 5.92. The Morgan fingerprint density at radius 3 is 2.50 bits per heavy atom. The molecule has 1 saturated carbocycles. The van der Waals surface area contributed by atoms with Crippen LogP contribution in [0.1, 0.15) is 46.5 Å². The number of aromatic nitrogens is 3. The lowest BCUT2D eigenvalue weighted by atomic mass is 9.80. The Kier molecular flexibility index (Phi) is 5.40. The lowest BCUT2D eigenvalue weighted by Crippen LogP contribution is -2.31. The second-order valence-electron chi connectivity index (χ2n) is 5.82. The van der Waals surface area contributed by atoms with Crippen LogP contribution in [0.3, 0.4) is 0 Å². The molecule has 0 bridgehead atoms. The Hall–Kier alpha value is -1.10. The highest BCUT2D eigenvalue weighted by Gasteiger charge is 2.24. The summed E-state index contributed by atoms with van der Waals surface area (Å²) in [6, 6.07) is 0.692. The molecule has 1 aromatic rings. The molecular weight excluding hydrogens is 276 g/mol. The van der Waals surface area contributed by atoms with Crippen LogP contribution in [0.15, 0.2) is 0 Å². The fourth-order valence-electron chi connectivity index (χ4n) is 2.90. The van der Waals surface area contributed by atoms with Crippen molar-refractivity contribution in [1.29, 1.82) is 0 Å². The third-order valence-electron chi connectivity index (χ3n) is 3.53. The lowest BCUT2D eigenvalue weighted by molar-refractivity contribution is 0.278. The number of rotatable bonds is 5. The molecule has 1 aliphatic carbocycles. The third-order valence-corrected chi connectivity index (χ3v) is 3.70. The molecule has 2 atom stereocenters. The molecule has 1 aromatic heterocycles. The summed E-state index contributed by atoms with van der Waals surface area (Å²) < 4.78 is 5.42. The van der Waals surface area contributed by atoms with Crippen molar-refractivity contribution in [3.05, 3.63) is 5.28 Å². The summed E-state index contributed by atoms with van der Waals surface area (Å²) in [6.45, 7) is 7.20. The van der Waals surface area contributed by atoms with Crippen molar-refractivity contribution >= 4 is 17.5 Å². The van der Waals surface area contributed by atoms with Crippen molar-refractivity contribution in [2.45, 2.75) is 52.5 Å². The van der Waals surface area contributed by atoms with E-state index in [0.717, 1.165) is 31.1 Å². The van der Waals surface area contributed by atoms with Gasteiger partial charge in [0, 0.05) is 6.04 Å². The van der Waals surface area contributed by atoms with Gasteiger partial charge in [0.25, 0.3) is 0 Å². The highest BCUT2D eigenvalue weighted by atomic mass is 35.5. The van der Waals surface area contributed by atoms with E-state index in [1.807, 2.05) is 6.92 Å². The van der Waals surface area contributed by atoms with Crippen LogP contribution in [0.2, 0.25) is 5.28 Å². The molecule has 5 nitrogen and oxygen atoms in total. The average Bonchev–Trinajstić information content (AvgIpc) is 2.34. The Bertz CT molecular complexity index is 433. The predicted molar refractivity (Wildman–Crippen MR) is 80.2 cm³/mol. The molecule has 1 heterocycles.